The second kappa shape index (κ2) is 10.7. The maximum absolute atomic E-state index is 13.0. The molecule has 2 aliphatic rings. The van der Waals surface area contributed by atoms with E-state index in [2.05, 4.69) is 4.90 Å². The van der Waals surface area contributed by atoms with Crippen molar-refractivity contribution >= 4 is 29.7 Å². The van der Waals surface area contributed by atoms with Gasteiger partial charge in [0.1, 0.15) is 5.75 Å². The molecule has 2 aromatic carbocycles. The molecule has 2 aromatic rings. The SMILES string of the molecule is CN1C(=O)COc2cc(CCCCN3CCN(c4cccc(C(F)(F)F)c4)CC3)ccc21.Cl. The zero-order chi connectivity index (χ0) is 22.7. The minimum absolute atomic E-state index is 0. The van der Waals surface area contributed by atoms with Crippen molar-refractivity contribution in [1.82, 2.24) is 4.90 Å². The molecule has 0 bridgehead atoms. The molecule has 4 rings (SSSR count). The van der Waals surface area contributed by atoms with Crippen LogP contribution in [0.2, 0.25) is 0 Å². The second-order valence-electron chi connectivity index (χ2n) is 8.38. The van der Waals surface area contributed by atoms with Crippen LogP contribution in [0, 0.1) is 0 Å². The van der Waals surface area contributed by atoms with Crippen LogP contribution in [-0.2, 0) is 17.4 Å². The van der Waals surface area contributed by atoms with Crippen LogP contribution < -0.4 is 14.5 Å². The fourth-order valence-corrected chi connectivity index (χ4v) is 4.25. The molecule has 0 saturated carbocycles. The standard InChI is InChI=1S/C24H28F3N3O2.ClH/c1-28-21-9-8-18(15-22(21)32-17-23(28)31)5-2-3-10-29-11-13-30(14-12-29)20-7-4-6-19(16-20)24(25,26)27;/h4,6-9,15-16H,2-3,5,10-14,17H2,1H3;1H. The van der Waals surface area contributed by atoms with Gasteiger partial charge in [-0.15, -0.1) is 12.4 Å². The molecule has 180 valence electrons. The number of hydrogen-bond donors (Lipinski definition) is 0. The van der Waals surface area contributed by atoms with Gasteiger partial charge in [-0.1, -0.05) is 12.1 Å². The topological polar surface area (TPSA) is 36.0 Å². The summed E-state index contributed by atoms with van der Waals surface area (Å²) in [5.74, 6) is 0.716. The van der Waals surface area contributed by atoms with Crippen molar-refractivity contribution < 1.29 is 22.7 Å². The maximum atomic E-state index is 13.0. The van der Waals surface area contributed by atoms with Gasteiger partial charge in [-0.3, -0.25) is 9.69 Å². The number of amides is 1. The molecule has 1 saturated heterocycles. The van der Waals surface area contributed by atoms with E-state index in [0.29, 0.717) is 5.69 Å². The third-order valence-electron chi connectivity index (χ3n) is 6.21. The number of unbranched alkanes of at least 4 members (excludes halogenated alkanes) is 1. The number of likely N-dealkylation sites (N-methyl/N-ethyl adjacent to an activating group) is 1. The summed E-state index contributed by atoms with van der Waals surface area (Å²) in [7, 11) is 1.76. The lowest BCUT2D eigenvalue weighted by Gasteiger charge is -2.36. The number of hydrogen-bond acceptors (Lipinski definition) is 4. The molecule has 0 atom stereocenters. The number of nitrogens with zero attached hydrogens (tertiary/aromatic N) is 3. The summed E-state index contributed by atoms with van der Waals surface area (Å²) in [5.41, 5.74) is 2.05. The van der Waals surface area contributed by atoms with Gasteiger partial charge in [-0.2, -0.15) is 13.2 Å². The van der Waals surface area contributed by atoms with E-state index in [-0.39, 0.29) is 24.9 Å². The second-order valence-corrected chi connectivity index (χ2v) is 8.38. The van der Waals surface area contributed by atoms with E-state index in [4.69, 9.17) is 4.74 Å². The first-order valence-electron chi connectivity index (χ1n) is 11.0. The van der Waals surface area contributed by atoms with Crippen LogP contribution in [0.5, 0.6) is 5.75 Å². The van der Waals surface area contributed by atoms with Crippen molar-refractivity contribution in [2.24, 2.45) is 0 Å². The number of rotatable bonds is 6. The summed E-state index contributed by atoms with van der Waals surface area (Å²) in [6.07, 6.45) is -1.27. The van der Waals surface area contributed by atoms with Crippen LogP contribution in [0.3, 0.4) is 0 Å². The summed E-state index contributed by atoms with van der Waals surface area (Å²) in [6.45, 7) is 4.23. The number of carbonyl (C=O) groups excluding carboxylic acids is 1. The molecule has 2 heterocycles. The van der Waals surface area contributed by atoms with Gasteiger partial charge in [0, 0.05) is 38.9 Å². The highest BCUT2D eigenvalue weighted by Crippen LogP contribution is 2.33. The van der Waals surface area contributed by atoms with Gasteiger partial charge in [0.2, 0.25) is 0 Å². The monoisotopic (exact) mass is 483 g/mol. The van der Waals surface area contributed by atoms with Crippen molar-refractivity contribution in [2.75, 3.05) is 56.2 Å². The van der Waals surface area contributed by atoms with Gasteiger partial charge in [-0.05, 0) is 61.7 Å². The lowest BCUT2D eigenvalue weighted by atomic mass is 10.1. The fourth-order valence-electron chi connectivity index (χ4n) is 4.25. The predicted molar refractivity (Wildman–Crippen MR) is 126 cm³/mol. The molecule has 5 nitrogen and oxygen atoms in total. The van der Waals surface area contributed by atoms with Crippen LogP contribution in [0.25, 0.3) is 0 Å². The van der Waals surface area contributed by atoms with Gasteiger partial charge >= 0.3 is 6.18 Å². The van der Waals surface area contributed by atoms with E-state index < -0.39 is 11.7 Å². The molecule has 0 spiro atoms. The van der Waals surface area contributed by atoms with E-state index in [9.17, 15) is 18.0 Å². The van der Waals surface area contributed by atoms with Crippen molar-refractivity contribution in [2.45, 2.75) is 25.4 Å². The number of piperazine rings is 1. The number of aryl methyl sites for hydroxylation is 1. The molecule has 1 fully saturated rings. The lowest BCUT2D eigenvalue weighted by molar-refractivity contribution is -0.137. The number of ether oxygens (including phenoxy) is 1. The highest BCUT2D eigenvalue weighted by Gasteiger charge is 2.31. The van der Waals surface area contributed by atoms with Gasteiger partial charge in [0.25, 0.3) is 5.91 Å². The summed E-state index contributed by atoms with van der Waals surface area (Å²) < 4.78 is 44.4. The molecule has 0 radical (unpaired) electrons. The van der Waals surface area contributed by atoms with E-state index in [0.717, 1.165) is 69.5 Å². The number of benzene rings is 2. The first-order valence-corrected chi connectivity index (χ1v) is 11.0. The smallest absolute Gasteiger partial charge is 0.416 e. The third-order valence-corrected chi connectivity index (χ3v) is 6.21. The van der Waals surface area contributed by atoms with E-state index in [1.54, 1.807) is 18.0 Å². The highest BCUT2D eigenvalue weighted by molar-refractivity contribution is 5.97. The Bertz CT molecular complexity index is 962. The summed E-state index contributed by atoms with van der Waals surface area (Å²) in [4.78, 5) is 17.7. The van der Waals surface area contributed by atoms with Crippen molar-refractivity contribution in [1.29, 1.82) is 0 Å². The average Bonchev–Trinajstić information content (AvgIpc) is 2.79. The minimum Gasteiger partial charge on any atom is -0.482 e. The van der Waals surface area contributed by atoms with Crippen molar-refractivity contribution in [3.8, 4) is 5.75 Å². The molecular weight excluding hydrogens is 455 g/mol. The van der Waals surface area contributed by atoms with E-state index >= 15 is 0 Å². The summed E-state index contributed by atoms with van der Waals surface area (Å²) in [6, 6.07) is 11.6. The Hall–Kier alpha value is -2.45. The van der Waals surface area contributed by atoms with E-state index in [1.807, 2.05) is 23.1 Å². The summed E-state index contributed by atoms with van der Waals surface area (Å²) in [5, 5.41) is 0. The molecule has 0 N–H and O–H groups in total. The predicted octanol–water partition coefficient (Wildman–Crippen LogP) is 4.63. The molecular formula is C24H29ClF3N3O2. The first-order chi connectivity index (χ1) is 15.3. The van der Waals surface area contributed by atoms with Crippen LogP contribution in [-0.4, -0.2) is 57.2 Å². The van der Waals surface area contributed by atoms with Gasteiger partial charge in [0.15, 0.2) is 6.61 Å². The number of alkyl halides is 3. The Morgan fingerprint density at radius 1 is 1.00 bits per heavy atom. The Morgan fingerprint density at radius 3 is 2.48 bits per heavy atom. The maximum Gasteiger partial charge on any atom is 0.416 e. The lowest BCUT2D eigenvalue weighted by Crippen LogP contribution is -2.46. The Kier molecular flexibility index (Phi) is 8.13. The highest BCUT2D eigenvalue weighted by atomic mass is 35.5. The first kappa shape index (κ1) is 25.2. The Morgan fingerprint density at radius 2 is 1.76 bits per heavy atom. The Balaban J connectivity index is 0.00000306. The number of halogens is 4. The van der Waals surface area contributed by atoms with Crippen LogP contribution in [0.15, 0.2) is 42.5 Å². The minimum atomic E-state index is -4.31. The zero-order valence-electron chi connectivity index (χ0n) is 18.6. The van der Waals surface area contributed by atoms with Crippen LogP contribution in [0.4, 0.5) is 24.5 Å². The van der Waals surface area contributed by atoms with Crippen molar-refractivity contribution in [3.63, 3.8) is 0 Å². The normalized spacial score (nSPS) is 16.8. The van der Waals surface area contributed by atoms with E-state index in [1.165, 1.54) is 17.7 Å². The quantitative estimate of drug-likeness (QED) is 0.561. The number of fused-ring (bicyclic) bond motifs is 1. The van der Waals surface area contributed by atoms with Gasteiger partial charge in [0.05, 0.1) is 11.3 Å². The van der Waals surface area contributed by atoms with Gasteiger partial charge in [-0.25, -0.2) is 0 Å². The molecule has 9 heteroatoms. The molecule has 33 heavy (non-hydrogen) atoms. The molecule has 0 aromatic heterocycles. The molecule has 1 amide bonds. The summed E-state index contributed by atoms with van der Waals surface area (Å²) >= 11 is 0. The van der Waals surface area contributed by atoms with Gasteiger partial charge < -0.3 is 14.5 Å². The van der Waals surface area contributed by atoms with Crippen LogP contribution >= 0.6 is 12.4 Å². The third kappa shape index (κ3) is 6.12. The zero-order valence-corrected chi connectivity index (χ0v) is 19.4. The largest absolute Gasteiger partial charge is 0.482 e. The number of carbonyl (C=O) groups is 1. The fraction of sp³-hybridized carbons (Fsp3) is 0.458. The number of anilines is 2. The molecule has 2 aliphatic heterocycles. The Labute approximate surface area is 198 Å². The average molecular weight is 484 g/mol. The molecule has 0 unspecified atom stereocenters. The van der Waals surface area contributed by atoms with Crippen molar-refractivity contribution in [3.05, 3.63) is 53.6 Å². The molecule has 0 aliphatic carbocycles. The van der Waals surface area contributed by atoms with Crippen LogP contribution in [0.1, 0.15) is 24.0 Å².